The van der Waals surface area contributed by atoms with Crippen molar-refractivity contribution < 1.29 is 20.1 Å². The minimum atomic E-state index is -1.24. The van der Waals surface area contributed by atoms with Crippen molar-refractivity contribution in [2.45, 2.75) is 24.5 Å². The average molecular weight is 302 g/mol. The van der Waals surface area contributed by atoms with Gasteiger partial charge in [-0.2, -0.15) is 9.97 Å². The second kappa shape index (κ2) is 4.79. The number of fused-ring (bicyclic) bond motifs is 1. The molecule has 0 spiro atoms. The quantitative estimate of drug-likeness (QED) is 0.500. The fourth-order valence-corrected chi connectivity index (χ4v) is 2.38. The van der Waals surface area contributed by atoms with Crippen LogP contribution in [-0.2, 0) is 4.74 Å². The van der Waals surface area contributed by atoms with E-state index in [1.807, 2.05) is 0 Å². The molecular weight excluding hydrogens is 290 g/mol. The van der Waals surface area contributed by atoms with Gasteiger partial charge in [-0.25, -0.2) is 4.98 Å². The Kier molecular flexibility index (Phi) is 3.22. The Labute approximate surface area is 117 Å². The molecule has 1 saturated heterocycles. The maximum Gasteiger partial charge on any atom is 0.226 e. The second-order valence-corrected chi connectivity index (χ2v) is 4.77. The number of hydrogen-bond donors (Lipinski definition) is 4. The van der Waals surface area contributed by atoms with Gasteiger partial charge < -0.3 is 25.8 Å². The van der Waals surface area contributed by atoms with Crippen LogP contribution < -0.4 is 5.73 Å². The first-order valence-electron chi connectivity index (χ1n) is 5.81. The van der Waals surface area contributed by atoms with Crippen LogP contribution in [0.25, 0.3) is 11.2 Å². The van der Waals surface area contributed by atoms with E-state index in [0.29, 0.717) is 5.52 Å². The third-order valence-electron chi connectivity index (χ3n) is 3.21. The Bertz CT molecular complexity index is 650. The van der Waals surface area contributed by atoms with E-state index in [1.165, 1.54) is 10.9 Å². The zero-order valence-electron chi connectivity index (χ0n) is 10.1. The topological polar surface area (TPSA) is 140 Å². The van der Waals surface area contributed by atoms with E-state index in [2.05, 4.69) is 15.0 Å². The molecule has 2 aromatic rings. The van der Waals surface area contributed by atoms with E-state index >= 15 is 0 Å². The molecule has 2 aromatic heterocycles. The Morgan fingerprint density at radius 2 is 2.10 bits per heavy atom. The van der Waals surface area contributed by atoms with Crippen LogP contribution in [0.3, 0.4) is 0 Å². The largest absolute Gasteiger partial charge is 0.394 e. The number of hydrogen-bond acceptors (Lipinski definition) is 8. The summed E-state index contributed by atoms with van der Waals surface area (Å²) < 4.78 is 6.79. The molecule has 108 valence electrons. The number of imidazole rings is 1. The smallest absolute Gasteiger partial charge is 0.226 e. The molecule has 0 radical (unpaired) electrons. The molecule has 20 heavy (non-hydrogen) atoms. The number of rotatable bonds is 2. The van der Waals surface area contributed by atoms with Crippen molar-refractivity contribution in [1.82, 2.24) is 19.5 Å². The number of nitrogens with two attached hydrogens (primary N) is 1. The molecule has 9 nitrogen and oxygen atoms in total. The minimum absolute atomic E-state index is 0.0662. The fourth-order valence-electron chi connectivity index (χ4n) is 2.21. The van der Waals surface area contributed by atoms with Crippen LogP contribution in [0.4, 0.5) is 5.82 Å². The molecule has 5 N–H and O–H groups in total. The van der Waals surface area contributed by atoms with Gasteiger partial charge >= 0.3 is 0 Å². The number of aliphatic hydroxyl groups excluding tert-OH is 3. The highest BCUT2D eigenvalue weighted by molar-refractivity contribution is 6.28. The Morgan fingerprint density at radius 3 is 2.75 bits per heavy atom. The number of anilines is 1. The fraction of sp³-hybridized carbons (Fsp3) is 0.500. The Morgan fingerprint density at radius 1 is 1.35 bits per heavy atom. The summed E-state index contributed by atoms with van der Waals surface area (Å²) in [6.45, 7) is -0.417. The standard InChI is InChI=1S/C10H12ClN5O4/c11-10-14-7(12)4-8(15-10)16(2-13-4)9-6(19)5(18)3(1-17)20-9/h2-3,5-6,9,17-19H,1H2,(H2,12,14,15)/t3-,5+,6+,9-/m0/s1. The number of ether oxygens (including phenoxy) is 1. The lowest BCUT2D eigenvalue weighted by molar-refractivity contribution is -0.0511. The highest BCUT2D eigenvalue weighted by atomic mass is 35.5. The van der Waals surface area contributed by atoms with Crippen molar-refractivity contribution in [3.63, 3.8) is 0 Å². The molecule has 3 heterocycles. The summed E-state index contributed by atoms with van der Waals surface area (Å²) in [7, 11) is 0. The zero-order valence-corrected chi connectivity index (χ0v) is 10.8. The minimum Gasteiger partial charge on any atom is -0.394 e. The van der Waals surface area contributed by atoms with Gasteiger partial charge in [0.2, 0.25) is 5.28 Å². The molecule has 1 aliphatic heterocycles. The van der Waals surface area contributed by atoms with Gasteiger partial charge in [-0.05, 0) is 11.6 Å². The summed E-state index contributed by atoms with van der Waals surface area (Å²) >= 11 is 5.74. The molecule has 0 aromatic carbocycles. The summed E-state index contributed by atoms with van der Waals surface area (Å²) in [4.78, 5) is 11.8. The summed E-state index contributed by atoms with van der Waals surface area (Å²) in [6.07, 6.45) is -2.93. The van der Waals surface area contributed by atoms with Gasteiger partial charge in [0.25, 0.3) is 0 Å². The lowest BCUT2D eigenvalue weighted by Crippen LogP contribution is -2.33. The predicted molar refractivity (Wildman–Crippen MR) is 67.8 cm³/mol. The van der Waals surface area contributed by atoms with Crippen molar-refractivity contribution in [3.8, 4) is 0 Å². The predicted octanol–water partition coefficient (Wildman–Crippen LogP) is -1.33. The number of halogens is 1. The number of nitrogen functional groups attached to an aromatic ring is 1. The van der Waals surface area contributed by atoms with Crippen LogP contribution >= 0.6 is 11.6 Å². The van der Waals surface area contributed by atoms with Gasteiger partial charge in [0.1, 0.15) is 23.8 Å². The SMILES string of the molecule is Nc1nc(Cl)nc2c1ncn2[C@H]1O[C@@H](CO)[C@@H](O)[C@H]1O. The van der Waals surface area contributed by atoms with Crippen LogP contribution in [0.1, 0.15) is 6.23 Å². The molecule has 0 unspecified atom stereocenters. The van der Waals surface area contributed by atoms with Gasteiger partial charge in [-0.3, -0.25) is 4.57 Å². The van der Waals surface area contributed by atoms with Crippen LogP contribution in [0, 0.1) is 0 Å². The first kappa shape index (κ1) is 13.5. The average Bonchev–Trinajstić information content (AvgIpc) is 2.93. The maximum absolute atomic E-state index is 9.99. The summed E-state index contributed by atoms with van der Waals surface area (Å²) in [6, 6.07) is 0. The zero-order chi connectivity index (χ0) is 14.4. The van der Waals surface area contributed by atoms with Crippen LogP contribution in [-0.4, -0.2) is 59.8 Å². The van der Waals surface area contributed by atoms with Crippen molar-refractivity contribution in [3.05, 3.63) is 11.6 Å². The third kappa shape index (κ3) is 1.91. The summed E-state index contributed by atoms with van der Waals surface area (Å²) in [5, 5.41) is 28.8. The molecule has 4 atom stereocenters. The normalized spacial score (nSPS) is 30.2. The molecule has 0 amide bonds. The third-order valence-corrected chi connectivity index (χ3v) is 3.38. The van der Waals surface area contributed by atoms with Crippen molar-refractivity contribution >= 4 is 28.6 Å². The van der Waals surface area contributed by atoms with Gasteiger partial charge in [0, 0.05) is 0 Å². The molecule has 10 heteroatoms. The van der Waals surface area contributed by atoms with Crippen molar-refractivity contribution in [2.24, 2.45) is 0 Å². The molecule has 3 rings (SSSR count). The molecule has 0 saturated carbocycles. The lowest BCUT2D eigenvalue weighted by atomic mass is 10.1. The first-order chi connectivity index (χ1) is 9.52. The first-order valence-corrected chi connectivity index (χ1v) is 6.18. The van der Waals surface area contributed by atoms with E-state index < -0.39 is 31.1 Å². The van der Waals surface area contributed by atoms with Gasteiger partial charge in [0.05, 0.1) is 12.9 Å². The van der Waals surface area contributed by atoms with Crippen LogP contribution in [0.2, 0.25) is 5.28 Å². The lowest BCUT2D eigenvalue weighted by Gasteiger charge is -2.16. The summed E-state index contributed by atoms with van der Waals surface area (Å²) in [5.41, 5.74) is 6.27. The summed E-state index contributed by atoms with van der Waals surface area (Å²) in [5.74, 6) is 0.102. The molecule has 0 aliphatic carbocycles. The Hall–Kier alpha value is -1.52. The Balaban J connectivity index is 2.07. The van der Waals surface area contributed by atoms with E-state index in [9.17, 15) is 10.2 Å². The van der Waals surface area contributed by atoms with E-state index in [1.54, 1.807) is 0 Å². The van der Waals surface area contributed by atoms with E-state index in [0.717, 1.165) is 0 Å². The maximum atomic E-state index is 9.99. The monoisotopic (exact) mass is 301 g/mol. The molecule has 1 aliphatic rings. The van der Waals surface area contributed by atoms with Gasteiger partial charge in [-0.15, -0.1) is 0 Å². The van der Waals surface area contributed by atoms with Gasteiger partial charge in [-0.1, -0.05) is 0 Å². The number of aliphatic hydroxyl groups is 3. The van der Waals surface area contributed by atoms with E-state index in [4.69, 9.17) is 27.2 Å². The van der Waals surface area contributed by atoms with E-state index in [-0.39, 0.29) is 16.7 Å². The highest BCUT2D eigenvalue weighted by Crippen LogP contribution is 2.32. The second-order valence-electron chi connectivity index (χ2n) is 4.43. The molecule has 1 fully saturated rings. The molecular formula is C10H12ClN5O4. The number of aromatic nitrogens is 4. The number of nitrogens with zero attached hydrogens (tertiary/aromatic N) is 4. The van der Waals surface area contributed by atoms with Gasteiger partial charge in [0.15, 0.2) is 17.7 Å². The highest BCUT2D eigenvalue weighted by Gasteiger charge is 2.44. The van der Waals surface area contributed by atoms with Crippen LogP contribution in [0.5, 0.6) is 0 Å². The molecule has 0 bridgehead atoms. The van der Waals surface area contributed by atoms with Crippen LogP contribution in [0.15, 0.2) is 6.33 Å². The van der Waals surface area contributed by atoms with Crippen molar-refractivity contribution in [1.29, 1.82) is 0 Å². The van der Waals surface area contributed by atoms with Crippen molar-refractivity contribution in [2.75, 3.05) is 12.3 Å².